The third-order valence-corrected chi connectivity index (χ3v) is 1.93. The van der Waals surface area contributed by atoms with Crippen LogP contribution in [0.3, 0.4) is 0 Å². The molecule has 1 rings (SSSR count). The van der Waals surface area contributed by atoms with E-state index in [9.17, 15) is 9.59 Å². The molecule has 0 aromatic heterocycles. The summed E-state index contributed by atoms with van der Waals surface area (Å²) in [5.74, 6) is -1.04. The third-order valence-electron chi connectivity index (χ3n) is 1.93. The van der Waals surface area contributed by atoms with Crippen molar-refractivity contribution in [2.45, 2.75) is 33.7 Å². The lowest BCUT2D eigenvalue weighted by atomic mass is 10.2. The Bertz CT molecular complexity index is 363. The van der Waals surface area contributed by atoms with Crippen LogP contribution in [0.5, 0.6) is 0 Å². The summed E-state index contributed by atoms with van der Waals surface area (Å²) in [7, 11) is 4.03. The Labute approximate surface area is 140 Å². The highest BCUT2D eigenvalue weighted by molar-refractivity contribution is 5.71. The number of amides is 1. The monoisotopic (exact) mass is 327 g/mol. The smallest absolute Gasteiger partial charge is 0.322 e. The number of carbonyl (C=O) groups is 2. The van der Waals surface area contributed by atoms with Crippen molar-refractivity contribution in [3.05, 3.63) is 35.9 Å². The van der Waals surface area contributed by atoms with E-state index in [4.69, 9.17) is 10.8 Å². The maximum atomic E-state index is 9.54. The minimum absolute atomic E-state index is 0.301. The van der Waals surface area contributed by atoms with E-state index < -0.39 is 5.97 Å². The van der Waals surface area contributed by atoms with Crippen LogP contribution in [0.2, 0.25) is 0 Å². The fraction of sp³-hybridized carbons (Fsp3) is 0.529. The van der Waals surface area contributed by atoms with Gasteiger partial charge in [0.15, 0.2) is 0 Å². The first kappa shape index (κ1) is 26.0. The second-order valence-corrected chi connectivity index (χ2v) is 4.79. The van der Waals surface area contributed by atoms with Crippen LogP contribution >= 0.6 is 0 Å². The quantitative estimate of drug-likeness (QED) is 0.716. The predicted octanol–water partition coefficient (Wildman–Crippen LogP) is 1.73. The van der Waals surface area contributed by atoms with Crippen molar-refractivity contribution < 1.29 is 14.7 Å². The zero-order valence-corrected chi connectivity index (χ0v) is 15.2. The molecule has 0 aliphatic rings. The lowest BCUT2D eigenvalue weighted by Gasteiger charge is -2.11. The van der Waals surface area contributed by atoms with Gasteiger partial charge in [0.1, 0.15) is 6.54 Å². The highest BCUT2D eigenvalue weighted by atomic mass is 16.4. The molecule has 0 bridgehead atoms. The van der Waals surface area contributed by atoms with Crippen molar-refractivity contribution in [3.8, 4) is 0 Å². The number of hydrogen-bond donors (Lipinski definition) is 3. The Morgan fingerprint density at radius 2 is 1.78 bits per heavy atom. The van der Waals surface area contributed by atoms with Crippen molar-refractivity contribution in [2.24, 2.45) is 5.73 Å². The zero-order valence-electron chi connectivity index (χ0n) is 15.2. The van der Waals surface area contributed by atoms with Gasteiger partial charge in [0.2, 0.25) is 6.41 Å². The molecule has 6 heteroatoms. The van der Waals surface area contributed by atoms with Crippen LogP contribution in [0.1, 0.15) is 26.3 Å². The molecule has 0 saturated heterocycles. The topological polar surface area (TPSA) is 95.7 Å². The highest BCUT2D eigenvalue weighted by Gasteiger charge is 1.92. The Hall–Kier alpha value is -1.92. The van der Waals surface area contributed by atoms with E-state index in [-0.39, 0.29) is 6.54 Å². The van der Waals surface area contributed by atoms with Gasteiger partial charge < -0.3 is 21.1 Å². The Balaban J connectivity index is -0.000000247. The number of nitrogens with zero attached hydrogens (tertiary/aromatic N) is 1. The molecule has 0 aliphatic heterocycles. The van der Waals surface area contributed by atoms with E-state index in [1.807, 2.05) is 58.4 Å². The molecule has 1 aromatic rings. The average molecular weight is 327 g/mol. The molecule has 4 N–H and O–H groups in total. The number of nitrogens with one attached hydrogen (secondary N) is 1. The van der Waals surface area contributed by atoms with Crippen molar-refractivity contribution in [1.29, 1.82) is 0 Å². The molecule has 1 amide bonds. The predicted molar refractivity (Wildman–Crippen MR) is 96.4 cm³/mol. The van der Waals surface area contributed by atoms with Crippen molar-refractivity contribution in [3.63, 3.8) is 0 Å². The molecule has 6 nitrogen and oxygen atoms in total. The molecular weight excluding hydrogens is 294 g/mol. The largest absolute Gasteiger partial charge is 0.480 e. The van der Waals surface area contributed by atoms with Gasteiger partial charge in [0, 0.05) is 12.6 Å². The zero-order chi connectivity index (χ0) is 18.7. The molecule has 0 heterocycles. The standard InChI is InChI=1S/C7H8.C5H14N2.C3H5NO3.C2H6/c1-7-5-3-2-4-6-7;1-5(6)4-7(2)3;5-2-4-1-3(6)7;1-2/h2-6H,1H3;5H,4,6H2,1-3H3;2H,1H2,(H,4,5)(H,6,7);1-2H3. The molecule has 0 radical (unpaired) electrons. The Morgan fingerprint density at radius 1 is 1.30 bits per heavy atom. The normalized spacial score (nSPS) is 9.74. The van der Waals surface area contributed by atoms with Crippen molar-refractivity contribution in [2.75, 3.05) is 27.2 Å². The number of carboxylic acids is 1. The number of nitrogens with two attached hydrogens (primary N) is 1. The average Bonchev–Trinajstić information content (AvgIpc) is 2.48. The van der Waals surface area contributed by atoms with Crippen LogP contribution < -0.4 is 11.1 Å². The maximum Gasteiger partial charge on any atom is 0.322 e. The molecule has 0 saturated carbocycles. The van der Waals surface area contributed by atoms with E-state index in [0.29, 0.717) is 12.5 Å². The van der Waals surface area contributed by atoms with E-state index in [1.165, 1.54) is 5.56 Å². The van der Waals surface area contributed by atoms with Crippen LogP contribution in [-0.4, -0.2) is 55.6 Å². The van der Waals surface area contributed by atoms with Gasteiger partial charge in [-0.2, -0.15) is 0 Å². The molecule has 23 heavy (non-hydrogen) atoms. The summed E-state index contributed by atoms with van der Waals surface area (Å²) in [6.45, 7) is 8.75. The molecule has 1 unspecified atom stereocenters. The molecular formula is C17H33N3O3. The summed E-state index contributed by atoms with van der Waals surface area (Å²) in [4.78, 5) is 20.9. The van der Waals surface area contributed by atoms with Gasteiger partial charge in [0.05, 0.1) is 0 Å². The van der Waals surface area contributed by atoms with Gasteiger partial charge in [-0.25, -0.2) is 0 Å². The molecule has 1 aromatic carbocycles. The first-order valence-electron chi connectivity index (χ1n) is 7.60. The second-order valence-electron chi connectivity index (χ2n) is 4.79. The molecule has 0 spiro atoms. The van der Waals surface area contributed by atoms with E-state index in [1.54, 1.807) is 0 Å². The first-order valence-corrected chi connectivity index (χ1v) is 7.60. The van der Waals surface area contributed by atoms with Crippen LogP contribution in [0.25, 0.3) is 0 Å². The van der Waals surface area contributed by atoms with Crippen LogP contribution in [0, 0.1) is 6.92 Å². The number of benzene rings is 1. The summed E-state index contributed by atoms with van der Waals surface area (Å²) in [6.07, 6.45) is 0.341. The van der Waals surface area contributed by atoms with Gasteiger partial charge in [-0.1, -0.05) is 49.7 Å². The van der Waals surface area contributed by atoms with E-state index in [0.717, 1.165) is 6.54 Å². The number of carboxylic acid groups (broad SMARTS) is 1. The molecule has 0 fully saturated rings. The highest BCUT2D eigenvalue weighted by Crippen LogP contribution is 1.92. The summed E-state index contributed by atoms with van der Waals surface area (Å²) >= 11 is 0. The van der Waals surface area contributed by atoms with Gasteiger partial charge in [0.25, 0.3) is 0 Å². The number of aryl methyl sites for hydroxylation is 1. The number of hydrogen-bond acceptors (Lipinski definition) is 4. The Kier molecular flexibility index (Phi) is 22.7. The van der Waals surface area contributed by atoms with E-state index >= 15 is 0 Å². The lowest BCUT2D eigenvalue weighted by molar-refractivity contribution is -0.136. The minimum Gasteiger partial charge on any atom is -0.480 e. The van der Waals surface area contributed by atoms with Crippen LogP contribution in [-0.2, 0) is 9.59 Å². The molecule has 0 aliphatic carbocycles. The summed E-state index contributed by atoms with van der Waals surface area (Å²) < 4.78 is 0. The van der Waals surface area contributed by atoms with Crippen LogP contribution in [0.4, 0.5) is 0 Å². The summed E-state index contributed by atoms with van der Waals surface area (Å²) in [5, 5.41) is 9.79. The fourth-order valence-corrected chi connectivity index (χ4v) is 1.24. The maximum absolute atomic E-state index is 9.54. The number of likely N-dealkylation sites (N-methyl/N-ethyl adjacent to an activating group) is 1. The minimum atomic E-state index is -1.04. The Morgan fingerprint density at radius 3 is 1.91 bits per heavy atom. The number of carbonyl (C=O) groups excluding carboxylic acids is 1. The SMILES string of the molecule is CC.CC(N)CN(C)C.Cc1ccccc1.O=CNCC(=O)O. The summed E-state index contributed by atoms with van der Waals surface area (Å²) in [6, 6.07) is 10.6. The first-order chi connectivity index (χ1) is 10.8. The van der Waals surface area contributed by atoms with Gasteiger partial charge >= 0.3 is 5.97 Å². The lowest BCUT2D eigenvalue weighted by Crippen LogP contribution is -2.29. The van der Waals surface area contributed by atoms with E-state index in [2.05, 4.69) is 24.0 Å². The third kappa shape index (κ3) is 33.1. The fourth-order valence-electron chi connectivity index (χ4n) is 1.24. The van der Waals surface area contributed by atoms with Crippen molar-refractivity contribution in [1.82, 2.24) is 10.2 Å². The second kappa shape index (κ2) is 20.1. The van der Waals surface area contributed by atoms with Crippen molar-refractivity contribution >= 4 is 12.4 Å². The number of aliphatic carboxylic acids is 1. The van der Waals surface area contributed by atoms with Gasteiger partial charge in [-0.05, 0) is 27.9 Å². The van der Waals surface area contributed by atoms with Gasteiger partial charge in [-0.15, -0.1) is 0 Å². The van der Waals surface area contributed by atoms with Gasteiger partial charge in [-0.3, -0.25) is 9.59 Å². The number of rotatable bonds is 5. The van der Waals surface area contributed by atoms with Crippen LogP contribution in [0.15, 0.2) is 30.3 Å². The molecule has 1 atom stereocenters. The summed E-state index contributed by atoms with van der Waals surface area (Å²) in [5.41, 5.74) is 6.77. The molecule has 134 valence electrons.